The standard InChI is InChI=1S/C15H22BFO3/c1-10-5-11(2)7-13(6-10)20-9-12-3-4-15(17)14(8-12)16(18)19/h3-4,8,10-11,13,18-19H,5-7,9H2,1-2H3. The van der Waals surface area contributed by atoms with Gasteiger partial charge in [-0.25, -0.2) is 4.39 Å². The van der Waals surface area contributed by atoms with E-state index in [0.717, 1.165) is 18.4 Å². The smallest absolute Gasteiger partial charge is 0.423 e. The second-order valence-electron chi connectivity index (χ2n) is 6.08. The van der Waals surface area contributed by atoms with E-state index in [1.54, 1.807) is 6.07 Å². The Morgan fingerprint density at radius 3 is 2.45 bits per heavy atom. The molecule has 2 rings (SSSR count). The molecule has 1 fully saturated rings. The number of hydrogen-bond donors (Lipinski definition) is 2. The molecule has 0 radical (unpaired) electrons. The molecule has 1 aliphatic rings. The van der Waals surface area contributed by atoms with Crippen molar-refractivity contribution in [3.05, 3.63) is 29.6 Å². The van der Waals surface area contributed by atoms with Crippen LogP contribution >= 0.6 is 0 Å². The fourth-order valence-electron chi connectivity index (χ4n) is 3.10. The molecule has 0 spiro atoms. The molecule has 0 saturated heterocycles. The second-order valence-corrected chi connectivity index (χ2v) is 6.08. The summed E-state index contributed by atoms with van der Waals surface area (Å²) in [6.45, 7) is 4.86. The molecule has 2 unspecified atom stereocenters. The van der Waals surface area contributed by atoms with Crippen LogP contribution in [0.15, 0.2) is 18.2 Å². The highest BCUT2D eigenvalue weighted by Gasteiger charge is 2.24. The summed E-state index contributed by atoms with van der Waals surface area (Å²) in [4.78, 5) is 0. The molecule has 110 valence electrons. The van der Waals surface area contributed by atoms with Gasteiger partial charge in [-0.2, -0.15) is 0 Å². The predicted octanol–water partition coefficient (Wildman–Crippen LogP) is 1.85. The number of benzene rings is 1. The third kappa shape index (κ3) is 4.04. The zero-order valence-electron chi connectivity index (χ0n) is 12.1. The van der Waals surface area contributed by atoms with E-state index in [0.29, 0.717) is 18.4 Å². The molecule has 1 saturated carbocycles. The van der Waals surface area contributed by atoms with E-state index in [-0.39, 0.29) is 11.6 Å². The first-order valence-electron chi connectivity index (χ1n) is 7.21. The summed E-state index contributed by atoms with van der Waals surface area (Å²) < 4.78 is 19.3. The maximum atomic E-state index is 13.4. The van der Waals surface area contributed by atoms with Crippen molar-refractivity contribution in [2.75, 3.05) is 0 Å². The van der Waals surface area contributed by atoms with Gasteiger partial charge in [0.05, 0.1) is 12.7 Å². The first-order valence-corrected chi connectivity index (χ1v) is 7.21. The van der Waals surface area contributed by atoms with Gasteiger partial charge in [-0.1, -0.05) is 26.0 Å². The maximum Gasteiger partial charge on any atom is 0.491 e. The van der Waals surface area contributed by atoms with E-state index >= 15 is 0 Å². The van der Waals surface area contributed by atoms with Crippen LogP contribution in [0.4, 0.5) is 4.39 Å². The molecule has 0 heterocycles. The third-order valence-electron chi connectivity index (χ3n) is 3.96. The summed E-state index contributed by atoms with van der Waals surface area (Å²) in [6, 6.07) is 4.33. The van der Waals surface area contributed by atoms with Gasteiger partial charge in [-0.15, -0.1) is 0 Å². The van der Waals surface area contributed by atoms with Crippen molar-refractivity contribution >= 4 is 12.6 Å². The van der Waals surface area contributed by atoms with Crippen LogP contribution in [0.1, 0.15) is 38.7 Å². The Kier molecular flexibility index (Phi) is 5.19. The Morgan fingerprint density at radius 1 is 1.20 bits per heavy atom. The Bertz CT molecular complexity index is 443. The summed E-state index contributed by atoms with van der Waals surface area (Å²) in [7, 11) is -1.79. The summed E-state index contributed by atoms with van der Waals surface area (Å²) in [6.07, 6.45) is 3.60. The highest BCUT2D eigenvalue weighted by molar-refractivity contribution is 6.58. The highest BCUT2D eigenvalue weighted by atomic mass is 19.1. The van der Waals surface area contributed by atoms with Crippen molar-refractivity contribution in [1.82, 2.24) is 0 Å². The SMILES string of the molecule is CC1CC(C)CC(OCc2ccc(F)c(B(O)O)c2)C1. The predicted molar refractivity (Wildman–Crippen MR) is 77.0 cm³/mol. The van der Waals surface area contributed by atoms with Gasteiger partial charge in [0.1, 0.15) is 5.82 Å². The first-order chi connectivity index (χ1) is 9.45. The lowest BCUT2D eigenvalue weighted by atomic mass is 9.79. The summed E-state index contributed by atoms with van der Waals surface area (Å²) >= 11 is 0. The zero-order chi connectivity index (χ0) is 14.7. The van der Waals surface area contributed by atoms with Crippen molar-refractivity contribution in [2.45, 2.75) is 45.8 Å². The van der Waals surface area contributed by atoms with Gasteiger partial charge in [0, 0.05) is 5.46 Å². The van der Waals surface area contributed by atoms with Crippen molar-refractivity contribution in [3.8, 4) is 0 Å². The lowest BCUT2D eigenvalue weighted by molar-refractivity contribution is -0.00914. The van der Waals surface area contributed by atoms with Crippen LogP contribution in [-0.2, 0) is 11.3 Å². The first kappa shape index (κ1) is 15.5. The molecule has 1 aromatic rings. The molecular formula is C15H22BFO3. The van der Waals surface area contributed by atoms with E-state index in [4.69, 9.17) is 14.8 Å². The van der Waals surface area contributed by atoms with Gasteiger partial charge >= 0.3 is 7.12 Å². The van der Waals surface area contributed by atoms with E-state index in [1.165, 1.54) is 18.6 Å². The molecule has 20 heavy (non-hydrogen) atoms. The number of halogens is 1. The molecule has 1 aliphatic carbocycles. The summed E-state index contributed by atoms with van der Waals surface area (Å²) in [5.74, 6) is 0.738. The number of ether oxygens (including phenoxy) is 1. The fraction of sp³-hybridized carbons (Fsp3) is 0.600. The molecule has 0 aliphatic heterocycles. The normalized spacial score (nSPS) is 26.6. The number of hydrogen-bond acceptors (Lipinski definition) is 3. The van der Waals surface area contributed by atoms with Crippen LogP contribution in [0.25, 0.3) is 0 Å². The van der Waals surface area contributed by atoms with E-state index in [1.807, 2.05) is 0 Å². The van der Waals surface area contributed by atoms with Gasteiger partial charge in [0.2, 0.25) is 0 Å². The largest absolute Gasteiger partial charge is 0.491 e. The van der Waals surface area contributed by atoms with Crippen LogP contribution in [0, 0.1) is 17.7 Å². The topological polar surface area (TPSA) is 49.7 Å². The minimum absolute atomic E-state index is 0.100. The average Bonchev–Trinajstić information content (AvgIpc) is 2.36. The minimum Gasteiger partial charge on any atom is -0.423 e. The Morgan fingerprint density at radius 2 is 1.85 bits per heavy atom. The molecule has 5 heteroatoms. The Labute approximate surface area is 119 Å². The van der Waals surface area contributed by atoms with Gasteiger partial charge < -0.3 is 14.8 Å². The molecule has 2 N–H and O–H groups in total. The average molecular weight is 280 g/mol. The monoisotopic (exact) mass is 280 g/mol. The quantitative estimate of drug-likeness (QED) is 0.827. The summed E-state index contributed by atoms with van der Waals surface area (Å²) in [5, 5.41) is 18.2. The van der Waals surface area contributed by atoms with E-state index < -0.39 is 12.9 Å². The van der Waals surface area contributed by atoms with E-state index in [2.05, 4.69) is 13.8 Å². The van der Waals surface area contributed by atoms with Gasteiger partial charge in [0.15, 0.2) is 0 Å². The van der Waals surface area contributed by atoms with Crippen LogP contribution in [0.2, 0.25) is 0 Å². The fourth-order valence-corrected chi connectivity index (χ4v) is 3.10. The molecule has 1 aromatic carbocycles. The highest BCUT2D eigenvalue weighted by Crippen LogP contribution is 2.30. The maximum absolute atomic E-state index is 13.4. The lowest BCUT2D eigenvalue weighted by Crippen LogP contribution is -2.33. The van der Waals surface area contributed by atoms with Gasteiger partial charge in [0.25, 0.3) is 0 Å². The van der Waals surface area contributed by atoms with Crippen LogP contribution in [0.5, 0.6) is 0 Å². The number of rotatable bonds is 4. The third-order valence-corrected chi connectivity index (χ3v) is 3.96. The molecule has 2 atom stereocenters. The molecule has 0 aromatic heterocycles. The zero-order valence-corrected chi connectivity index (χ0v) is 12.1. The Balaban J connectivity index is 1.95. The lowest BCUT2D eigenvalue weighted by Gasteiger charge is -2.31. The van der Waals surface area contributed by atoms with Crippen LogP contribution < -0.4 is 5.46 Å². The summed E-state index contributed by atoms with van der Waals surface area (Å²) in [5.41, 5.74) is 0.664. The van der Waals surface area contributed by atoms with Crippen molar-refractivity contribution in [2.24, 2.45) is 11.8 Å². The van der Waals surface area contributed by atoms with Crippen molar-refractivity contribution < 1.29 is 19.2 Å². The van der Waals surface area contributed by atoms with Crippen LogP contribution in [-0.4, -0.2) is 23.3 Å². The minimum atomic E-state index is -1.79. The molecule has 0 bridgehead atoms. The van der Waals surface area contributed by atoms with Gasteiger partial charge in [-0.05, 0) is 42.7 Å². The molecule has 3 nitrogen and oxygen atoms in total. The van der Waals surface area contributed by atoms with E-state index in [9.17, 15) is 4.39 Å². The molecular weight excluding hydrogens is 258 g/mol. The van der Waals surface area contributed by atoms with Crippen molar-refractivity contribution in [3.63, 3.8) is 0 Å². The van der Waals surface area contributed by atoms with Gasteiger partial charge in [-0.3, -0.25) is 0 Å². The molecule has 0 amide bonds. The van der Waals surface area contributed by atoms with Crippen LogP contribution in [0.3, 0.4) is 0 Å². The Hall–Kier alpha value is -0.905. The van der Waals surface area contributed by atoms with Crippen molar-refractivity contribution in [1.29, 1.82) is 0 Å². The second kappa shape index (κ2) is 6.70.